The fraction of sp³-hybridized carbons (Fsp3) is 0.263. The number of halogens is 6. The van der Waals surface area contributed by atoms with Gasteiger partial charge in [0.1, 0.15) is 23.7 Å². The maximum Gasteiger partial charge on any atom is 0.416 e. The third-order valence-corrected chi connectivity index (χ3v) is 12.2. The summed E-state index contributed by atoms with van der Waals surface area (Å²) >= 11 is 0. The highest BCUT2D eigenvalue weighted by atomic mass is 19.4. The molecule has 0 heterocycles. The van der Waals surface area contributed by atoms with E-state index in [-0.39, 0.29) is 42.9 Å². The lowest BCUT2D eigenvalue weighted by molar-refractivity contribution is -0.141. The maximum atomic E-state index is 12.8. The van der Waals surface area contributed by atoms with Crippen LogP contribution in [-0.4, -0.2) is 24.2 Å². The van der Waals surface area contributed by atoms with Gasteiger partial charge in [-0.25, -0.2) is 0 Å². The van der Waals surface area contributed by atoms with Crippen LogP contribution in [0.15, 0.2) is 133 Å². The SMILES string of the molecule is CC#C[C@@H](CC(=O)O)c1ccc(OC2CCc3cc(-c4ccc(C(F)(F)F)cc4)ccc32)cc1.CC#C[C@@H](CC(=O)OC)c1ccc(OC2CCc3cc(-c4ccc(C(F)(F)F)cc4)ccc32)cc1. The van der Waals surface area contributed by atoms with Crippen molar-refractivity contribution in [3.05, 3.63) is 178 Å². The van der Waals surface area contributed by atoms with E-state index < -0.39 is 29.4 Å². The Morgan fingerprint density at radius 2 is 0.942 bits per heavy atom. The molecule has 0 aliphatic heterocycles. The molecule has 8 rings (SSSR count). The fourth-order valence-corrected chi connectivity index (χ4v) is 8.63. The molecule has 6 aromatic carbocycles. The van der Waals surface area contributed by atoms with Gasteiger partial charge in [-0.15, -0.1) is 11.8 Å². The lowest BCUT2D eigenvalue weighted by Gasteiger charge is -2.17. The van der Waals surface area contributed by atoms with E-state index in [1.165, 1.54) is 31.4 Å². The number of aliphatic carboxylic acids is 1. The number of esters is 1. The van der Waals surface area contributed by atoms with Gasteiger partial charge in [-0.1, -0.05) is 96.8 Å². The summed E-state index contributed by atoms with van der Waals surface area (Å²) in [5, 5.41) is 9.11. The summed E-state index contributed by atoms with van der Waals surface area (Å²) in [6, 6.07) is 37.2. The topological polar surface area (TPSA) is 82.1 Å². The minimum absolute atomic E-state index is 0.0572. The molecule has 12 heteroatoms. The van der Waals surface area contributed by atoms with Gasteiger partial charge in [0.25, 0.3) is 0 Å². The number of hydrogen-bond donors (Lipinski definition) is 1. The van der Waals surface area contributed by atoms with Crippen molar-refractivity contribution < 1.29 is 55.2 Å². The standard InChI is InChI=1S/C29H25F3O3.C28H23F3O3/c1-3-4-21(18-28(33)34-2)20-7-13-25(14-8-20)35-27-16-10-23-17-22(9-15-26(23)27)19-5-11-24(12-6-19)29(30,31)32;1-2-3-20(17-27(32)33)19-6-12-24(13-7-19)34-26-15-9-22-16-21(8-14-25(22)26)18-4-10-23(11-5-18)28(29,30)31/h5-9,11-15,17,21,27H,10,16,18H2,1-2H3;4-8,10-14,16,20,26H,9,15,17H2,1H3,(H,32,33)/t21-,27?;20-,26?/m00/s1. The van der Waals surface area contributed by atoms with Crippen molar-refractivity contribution in [3.63, 3.8) is 0 Å². The van der Waals surface area contributed by atoms with Crippen LogP contribution in [0.25, 0.3) is 22.3 Å². The summed E-state index contributed by atoms with van der Waals surface area (Å²) in [5.74, 6) is 11.2. The second-order valence-corrected chi connectivity index (χ2v) is 16.7. The van der Waals surface area contributed by atoms with E-state index in [2.05, 4.69) is 23.7 Å². The molecule has 1 N–H and O–H groups in total. The van der Waals surface area contributed by atoms with Crippen molar-refractivity contribution in [2.75, 3.05) is 7.11 Å². The van der Waals surface area contributed by atoms with E-state index in [4.69, 9.17) is 19.3 Å². The van der Waals surface area contributed by atoms with E-state index in [1.807, 2.05) is 84.9 Å². The number of aryl methyl sites for hydroxylation is 2. The van der Waals surface area contributed by atoms with Gasteiger partial charge in [0.05, 0.1) is 42.9 Å². The Bertz CT molecular complexity index is 2880. The molecule has 0 aromatic heterocycles. The van der Waals surface area contributed by atoms with Crippen molar-refractivity contribution >= 4 is 11.9 Å². The summed E-state index contributed by atoms with van der Waals surface area (Å²) in [4.78, 5) is 22.8. The van der Waals surface area contributed by atoms with Crippen LogP contribution in [0, 0.1) is 23.7 Å². The number of carboxylic acids is 1. The van der Waals surface area contributed by atoms with E-state index in [0.717, 1.165) is 111 Å². The van der Waals surface area contributed by atoms with Crippen molar-refractivity contribution in [1.82, 2.24) is 0 Å². The Kier molecular flexibility index (Phi) is 15.5. The van der Waals surface area contributed by atoms with Crippen molar-refractivity contribution in [2.45, 2.75) is 88.8 Å². The zero-order chi connectivity index (χ0) is 49.3. The van der Waals surface area contributed by atoms with Crippen LogP contribution in [0.2, 0.25) is 0 Å². The third kappa shape index (κ3) is 12.6. The van der Waals surface area contributed by atoms with Crippen LogP contribution in [0.3, 0.4) is 0 Å². The molecule has 2 unspecified atom stereocenters. The zero-order valence-electron chi connectivity index (χ0n) is 38.0. The molecule has 0 fully saturated rings. The first kappa shape index (κ1) is 49.5. The number of fused-ring (bicyclic) bond motifs is 2. The first-order valence-electron chi connectivity index (χ1n) is 22.3. The van der Waals surface area contributed by atoms with Crippen molar-refractivity contribution in [3.8, 4) is 57.4 Å². The first-order valence-corrected chi connectivity index (χ1v) is 22.3. The number of methoxy groups -OCH3 is 1. The minimum atomic E-state index is -4.35. The van der Waals surface area contributed by atoms with Crippen LogP contribution in [0.4, 0.5) is 26.3 Å². The molecule has 2 aliphatic rings. The quantitative estimate of drug-likeness (QED) is 0.0748. The molecule has 2 aliphatic carbocycles. The second kappa shape index (κ2) is 21.7. The fourth-order valence-electron chi connectivity index (χ4n) is 8.63. The van der Waals surface area contributed by atoms with Gasteiger partial charge < -0.3 is 19.3 Å². The van der Waals surface area contributed by atoms with Crippen LogP contribution < -0.4 is 9.47 Å². The maximum absolute atomic E-state index is 12.8. The average Bonchev–Trinajstić information content (AvgIpc) is 3.94. The van der Waals surface area contributed by atoms with Gasteiger partial charge in [-0.2, -0.15) is 26.3 Å². The van der Waals surface area contributed by atoms with Crippen molar-refractivity contribution in [2.24, 2.45) is 0 Å². The molecule has 354 valence electrons. The molecule has 0 saturated carbocycles. The number of carboxylic acid groups (broad SMARTS) is 1. The molecule has 6 aromatic rings. The smallest absolute Gasteiger partial charge is 0.416 e. The third-order valence-electron chi connectivity index (χ3n) is 12.2. The molecule has 0 radical (unpaired) electrons. The van der Waals surface area contributed by atoms with Crippen LogP contribution in [-0.2, 0) is 39.5 Å². The van der Waals surface area contributed by atoms with E-state index in [9.17, 15) is 35.9 Å². The Hall–Kier alpha value is -7.44. The summed E-state index contributed by atoms with van der Waals surface area (Å²) in [6.45, 7) is 3.43. The summed E-state index contributed by atoms with van der Waals surface area (Å²) in [5.41, 5.74) is 8.11. The molecular formula is C57H48F6O6. The lowest BCUT2D eigenvalue weighted by atomic mass is 9.96. The predicted molar refractivity (Wildman–Crippen MR) is 251 cm³/mol. The monoisotopic (exact) mass is 942 g/mol. The molecule has 0 spiro atoms. The van der Waals surface area contributed by atoms with Gasteiger partial charge >= 0.3 is 24.3 Å². The number of benzene rings is 6. The molecular weight excluding hydrogens is 895 g/mol. The molecule has 4 atom stereocenters. The first-order chi connectivity index (χ1) is 33.0. The summed E-state index contributed by atoms with van der Waals surface area (Å²) in [7, 11) is 1.36. The molecule has 0 saturated heterocycles. The van der Waals surface area contributed by atoms with E-state index in [0.29, 0.717) is 5.75 Å². The number of rotatable bonds is 12. The minimum Gasteiger partial charge on any atom is -0.486 e. The molecule has 0 bridgehead atoms. The van der Waals surface area contributed by atoms with Crippen LogP contribution >= 0.6 is 0 Å². The van der Waals surface area contributed by atoms with Gasteiger partial charge in [-0.05, 0) is 144 Å². The highest BCUT2D eigenvalue weighted by Gasteiger charge is 2.32. The molecule has 6 nitrogen and oxygen atoms in total. The Labute approximate surface area is 397 Å². The number of carbonyl (C=O) groups excluding carboxylic acids is 1. The number of carbonyl (C=O) groups is 2. The van der Waals surface area contributed by atoms with Crippen LogP contribution in [0.5, 0.6) is 11.5 Å². The van der Waals surface area contributed by atoms with Crippen LogP contribution in [0.1, 0.15) is 108 Å². The van der Waals surface area contributed by atoms with Gasteiger partial charge in [0.15, 0.2) is 0 Å². The predicted octanol–water partition coefficient (Wildman–Crippen LogP) is 14.1. The summed E-state index contributed by atoms with van der Waals surface area (Å²) in [6.07, 6.45) is -5.50. The van der Waals surface area contributed by atoms with Crippen molar-refractivity contribution in [1.29, 1.82) is 0 Å². The Morgan fingerprint density at radius 3 is 1.29 bits per heavy atom. The summed E-state index contributed by atoms with van der Waals surface area (Å²) < 4.78 is 94.2. The highest BCUT2D eigenvalue weighted by Crippen LogP contribution is 2.40. The van der Waals surface area contributed by atoms with E-state index in [1.54, 1.807) is 13.8 Å². The zero-order valence-corrected chi connectivity index (χ0v) is 38.0. The average molecular weight is 943 g/mol. The molecule has 69 heavy (non-hydrogen) atoms. The second-order valence-electron chi connectivity index (χ2n) is 16.7. The Balaban J connectivity index is 0.000000204. The van der Waals surface area contributed by atoms with Gasteiger partial charge in [-0.3, -0.25) is 9.59 Å². The van der Waals surface area contributed by atoms with Gasteiger partial charge in [0.2, 0.25) is 0 Å². The van der Waals surface area contributed by atoms with Gasteiger partial charge in [0, 0.05) is 0 Å². The normalized spacial score (nSPS) is 15.6. The lowest BCUT2D eigenvalue weighted by Crippen LogP contribution is -2.08. The number of hydrogen-bond acceptors (Lipinski definition) is 5. The highest BCUT2D eigenvalue weighted by molar-refractivity contribution is 5.71. The largest absolute Gasteiger partial charge is 0.486 e. The number of ether oxygens (including phenoxy) is 3. The number of alkyl halides is 6. The Morgan fingerprint density at radius 1 is 0.565 bits per heavy atom. The van der Waals surface area contributed by atoms with E-state index >= 15 is 0 Å². The molecule has 0 amide bonds.